The Labute approximate surface area is 216 Å². The number of hydrogen-bond acceptors (Lipinski definition) is 9. The second-order valence-electron chi connectivity index (χ2n) is 9.40. The summed E-state index contributed by atoms with van der Waals surface area (Å²) in [5.41, 5.74) is -1.15. The minimum absolute atomic E-state index is 0.0618. The van der Waals surface area contributed by atoms with E-state index in [1.54, 1.807) is 34.6 Å². The van der Waals surface area contributed by atoms with Crippen LogP contribution >= 0.6 is 0 Å². The fraction of sp³-hybridized carbons (Fsp3) is 0.600. The van der Waals surface area contributed by atoms with Crippen LogP contribution in [0.1, 0.15) is 52.7 Å². The van der Waals surface area contributed by atoms with Crippen molar-refractivity contribution in [3.8, 4) is 11.5 Å². The number of fused-ring (bicyclic) bond motifs is 2. The molecule has 1 heterocycles. The maximum atomic E-state index is 13.4. The first-order chi connectivity index (χ1) is 17.4. The first-order valence-corrected chi connectivity index (χ1v) is 12.3. The summed E-state index contributed by atoms with van der Waals surface area (Å²) in [7, 11) is 1.49. The van der Waals surface area contributed by atoms with Gasteiger partial charge in [0.2, 0.25) is 17.7 Å². The minimum atomic E-state index is -1.42. The molecule has 1 aliphatic heterocycles. The topological polar surface area (TPSA) is 175 Å². The van der Waals surface area contributed by atoms with Crippen molar-refractivity contribution in [2.75, 3.05) is 20.2 Å². The number of carbonyl (C=O) groups excluding carboxylic acids is 4. The van der Waals surface area contributed by atoms with Crippen LogP contribution in [0.25, 0.3) is 0 Å². The molecule has 12 nitrogen and oxygen atoms in total. The molecule has 3 amide bonds. The maximum absolute atomic E-state index is 13.4. The average molecular weight is 523 g/mol. The lowest BCUT2D eigenvalue weighted by Gasteiger charge is -2.38. The molecule has 0 saturated carbocycles. The summed E-state index contributed by atoms with van der Waals surface area (Å²) < 4.78 is 11.0. The summed E-state index contributed by atoms with van der Waals surface area (Å²) in [5, 5.41) is 32.0. The van der Waals surface area contributed by atoms with Crippen molar-refractivity contribution >= 4 is 23.7 Å². The Kier molecular flexibility index (Phi) is 10.3. The van der Waals surface area contributed by atoms with Gasteiger partial charge >= 0.3 is 5.97 Å². The zero-order valence-electron chi connectivity index (χ0n) is 22.1. The number of aromatic hydroxyl groups is 1. The van der Waals surface area contributed by atoms with Crippen LogP contribution in [0.3, 0.4) is 0 Å². The molecule has 2 bridgehead atoms. The van der Waals surface area contributed by atoms with Gasteiger partial charge in [-0.3, -0.25) is 19.2 Å². The number of esters is 1. The average Bonchev–Trinajstić information content (AvgIpc) is 2.85. The number of aliphatic hydroxyl groups excluding tert-OH is 1. The minimum Gasteiger partial charge on any atom is -0.504 e. The Bertz CT molecular complexity index is 1000. The maximum Gasteiger partial charge on any atom is 0.325 e. The number of phenols is 1. The number of ether oxygens (including phenoxy) is 2. The number of nitrogens with one attached hydrogen (secondary N) is 4. The van der Waals surface area contributed by atoms with Crippen molar-refractivity contribution in [1.29, 1.82) is 0 Å². The number of phenolic OH excluding ortho intramolecular Hbond substituents is 1. The lowest BCUT2D eigenvalue weighted by atomic mass is 9.91. The second kappa shape index (κ2) is 12.7. The van der Waals surface area contributed by atoms with Gasteiger partial charge in [-0.1, -0.05) is 26.8 Å². The molecule has 5 atom stereocenters. The zero-order chi connectivity index (χ0) is 27.9. The molecule has 0 aliphatic carbocycles. The molecule has 1 aromatic carbocycles. The SMILES string of the molecule is CCOC(=O)CNC(=O)[C@H]1NC(=O)[C@H](C(C)C)NC(=O)[C@@H](NC)[C@H](O)c2ccc(O)c(c2)O[C@]1(C)CC. The monoisotopic (exact) mass is 522 g/mol. The van der Waals surface area contributed by atoms with Crippen LogP contribution in [-0.2, 0) is 23.9 Å². The highest BCUT2D eigenvalue weighted by atomic mass is 16.5. The van der Waals surface area contributed by atoms with E-state index in [1.165, 1.54) is 25.2 Å². The van der Waals surface area contributed by atoms with E-state index in [1.807, 2.05) is 0 Å². The smallest absolute Gasteiger partial charge is 0.325 e. The molecule has 0 saturated heterocycles. The zero-order valence-corrected chi connectivity index (χ0v) is 22.1. The summed E-state index contributed by atoms with van der Waals surface area (Å²) in [6.45, 7) is 8.08. The molecule has 0 radical (unpaired) electrons. The number of aliphatic hydroxyl groups is 1. The van der Waals surface area contributed by atoms with E-state index in [2.05, 4.69) is 21.3 Å². The van der Waals surface area contributed by atoms with Crippen molar-refractivity contribution in [2.24, 2.45) is 5.92 Å². The van der Waals surface area contributed by atoms with Gasteiger partial charge in [0, 0.05) is 0 Å². The van der Waals surface area contributed by atoms with E-state index >= 15 is 0 Å². The molecule has 2 rings (SSSR count). The van der Waals surface area contributed by atoms with Crippen molar-refractivity contribution in [3.05, 3.63) is 23.8 Å². The number of likely N-dealkylation sites (N-methyl/N-ethyl adjacent to an activating group) is 1. The normalized spacial score (nSPS) is 26.5. The van der Waals surface area contributed by atoms with E-state index in [0.717, 1.165) is 0 Å². The van der Waals surface area contributed by atoms with Crippen LogP contribution in [0.15, 0.2) is 18.2 Å². The predicted octanol–water partition coefficient (Wildman–Crippen LogP) is -0.120. The van der Waals surface area contributed by atoms with Crippen LogP contribution in [0.4, 0.5) is 0 Å². The van der Waals surface area contributed by atoms with E-state index in [-0.39, 0.29) is 36.0 Å². The standard InChI is InChI=1S/C25H38N4O8/c1-7-25(5)21(24(35)27-12-17(31)36-8-2)29-22(33)18(13(3)4)28-23(34)19(26-6)20(32)14-9-10-15(30)16(11-14)37-25/h9-11,13,18-21,26,30,32H,7-8,12H2,1-6H3,(H,27,35)(H,28,34)(H,29,33)/t18-,19-,20+,21+,25+/m0/s1. The lowest BCUT2D eigenvalue weighted by molar-refractivity contribution is -0.145. The van der Waals surface area contributed by atoms with E-state index < -0.39 is 60.1 Å². The molecule has 12 heteroatoms. The van der Waals surface area contributed by atoms with Crippen molar-refractivity contribution < 1.29 is 38.9 Å². The van der Waals surface area contributed by atoms with E-state index in [4.69, 9.17) is 9.47 Å². The van der Waals surface area contributed by atoms with Gasteiger partial charge in [0.1, 0.15) is 36.4 Å². The Hall–Kier alpha value is -3.38. The van der Waals surface area contributed by atoms with Crippen molar-refractivity contribution in [3.63, 3.8) is 0 Å². The highest BCUT2D eigenvalue weighted by Crippen LogP contribution is 2.35. The number of hydrogen-bond donors (Lipinski definition) is 6. The molecule has 1 aromatic rings. The van der Waals surface area contributed by atoms with Gasteiger partial charge in [-0.2, -0.15) is 0 Å². The van der Waals surface area contributed by atoms with Crippen LogP contribution < -0.4 is 26.0 Å². The van der Waals surface area contributed by atoms with Gasteiger partial charge < -0.3 is 41.0 Å². The third-order valence-corrected chi connectivity index (χ3v) is 6.40. The molecule has 0 unspecified atom stereocenters. The first kappa shape index (κ1) is 29.8. The molecular formula is C25H38N4O8. The third-order valence-electron chi connectivity index (χ3n) is 6.40. The third kappa shape index (κ3) is 7.10. The van der Waals surface area contributed by atoms with Gasteiger partial charge in [-0.15, -0.1) is 0 Å². The highest BCUT2D eigenvalue weighted by molar-refractivity contribution is 5.94. The Balaban J connectivity index is 2.61. The number of amides is 3. The van der Waals surface area contributed by atoms with E-state index in [9.17, 15) is 29.4 Å². The number of carbonyl (C=O) groups is 4. The van der Waals surface area contributed by atoms with Crippen LogP contribution in [0.2, 0.25) is 0 Å². The first-order valence-electron chi connectivity index (χ1n) is 12.3. The largest absolute Gasteiger partial charge is 0.504 e. The fourth-order valence-electron chi connectivity index (χ4n) is 3.99. The summed E-state index contributed by atoms with van der Waals surface area (Å²) in [6, 6.07) is 0.590. The molecule has 1 aliphatic rings. The summed E-state index contributed by atoms with van der Waals surface area (Å²) in [5.74, 6) is -3.40. The molecule has 6 N–H and O–H groups in total. The Morgan fingerprint density at radius 2 is 1.86 bits per heavy atom. The van der Waals surface area contributed by atoms with E-state index in [0.29, 0.717) is 0 Å². The van der Waals surface area contributed by atoms with Gasteiger partial charge in [0.25, 0.3) is 0 Å². The van der Waals surface area contributed by atoms with Gasteiger partial charge in [-0.05, 0) is 50.9 Å². The Morgan fingerprint density at radius 3 is 2.43 bits per heavy atom. The summed E-state index contributed by atoms with van der Waals surface area (Å²) >= 11 is 0. The molecule has 0 fully saturated rings. The highest BCUT2D eigenvalue weighted by Gasteiger charge is 2.44. The molecular weight excluding hydrogens is 484 g/mol. The van der Waals surface area contributed by atoms with Gasteiger partial charge in [0.15, 0.2) is 11.5 Å². The number of benzene rings is 1. The van der Waals surface area contributed by atoms with Crippen LogP contribution in [0, 0.1) is 5.92 Å². The van der Waals surface area contributed by atoms with Crippen molar-refractivity contribution in [1.82, 2.24) is 21.3 Å². The van der Waals surface area contributed by atoms with Crippen LogP contribution in [0.5, 0.6) is 11.5 Å². The molecule has 0 spiro atoms. The Morgan fingerprint density at radius 1 is 1.19 bits per heavy atom. The second-order valence-corrected chi connectivity index (χ2v) is 9.40. The van der Waals surface area contributed by atoms with Gasteiger partial charge in [-0.25, -0.2) is 0 Å². The predicted molar refractivity (Wildman–Crippen MR) is 134 cm³/mol. The quantitative estimate of drug-likeness (QED) is 0.267. The fourth-order valence-corrected chi connectivity index (χ4v) is 3.99. The summed E-state index contributed by atoms with van der Waals surface area (Å²) in [4.78, 5) is 51.6. The lowest BCUT2D eigenvalue weighted by Crippen LogP contribution is -2.65. The van der Waals surface area contributed by atoms with Crippen LogP contribution in [-0.4, -0.2) is 77.8 Å². The van der Waals surface area contributed by atoms with Crippen molar-refractivity contribution in [2.45, 2.75) is 70.9 Å². The molecule has 37 heavy (non-hydrogen) atoms. The number of rotatable bonds is 7. The molecule has 206 valence electrons. The summed E-state index contributed by atoms with van der Waals surface area (Å²) in [6.07, 6.45) is -1.16. The molecule has 0 aromatic heterocycles. The van der Waals surface area contributed by atoms with Gasteiger partial charge in [0.05, 0.1) is 6.61 Å².